The van der Waals surface area contributed by atoms with Crippen LogP contribution in [0.1, 0.15) is 39.4 Å². The normalized spacial score (nSPS) is 15.0. The lowest BCUT2D eigenvalue weighted by atomic mass is 10.2. The Bertz CT molecular complexity index is 1030. The number of rotatable bonds is 7. The van der Waals surface area contributed by atoms with Crippen LogP contribution in [-0.2, 0) is 25.9 Å². The fraction of sp³-hybridized carbons (Fsp3) is 0.400. The Morgan fingerprint density at radius 3 is 2.60 bits per heavy atom. The molecule has 1 aromatic carbocycles. The van der Waals surface area contributed by atoms with Gasteiger partial charge in [-0.3, -0.25) is 4.79 Å². The van der Waals surface area contributed by atoms with Gasteiger partial charge in [0.2, 0.25) is 10.0 Å². The van der Waals surface area contributed by atoms with Gasteiger partial charge in [-0.2, -0.15) is 4.31 Å². The van der Waals surface area contributed by atoms with Crippen molar-refractivity contribution in [3.8, 4) is 0 Å². The Morgan fingerprint density at radius 1 is 1.20 bits per heavy atom. The third kappa shape index (κ3) is 4.89. The van der Waals surface area contributed by atoms with Gasteiger partial charge in [0, 0.05) is 23.5 Å². The minimum atomic E-state index is -3.72. The summed E-state index contributed by atoms with van der Waals surface area (Å²) in [5.41, 5.74) is 0.481. The van der Waals surface area contributed by atoms with E-state index in [1.54, 1.807) is 13.0 Å². The summed E-state index contributed by atoms with van der Waals surface area (Å²) in [5.74, 6) is -1.00. The van der Waals surface area contributed by atoms with Gasteiger partial charge in [-0.25, -0.2) is 13.2 Å². The lowest BCUT2D eigenvalue weighted by Gasteiger charge is -2.26. The maximum absolute atomic E-state index is 12.9. The molecule has 1 N–H and O–H groups in total. The number of anilines is 1. The van der Waals surface area contributed by atoms with Crippen molar-refractivity contribution in [1.29, 1.82) is 0 Å². The smallest absolute Gasteiger partial charge is 0.341 e. The van der Waals surface area contributed by atoms with Crippen molar-refractivity contribution in [3.63, 3.8) is 0 Å². The Kier molecular flexibility index (Phi) is 7.24. The molecule has 1 aromatic heterocycles. The molecule has 1 aliphatic heterocycles. The number of morpholine rings is 1. The van der Waals surface area contributed by atoms with Crippen molar-refractivity contribution in [2.75, 3.05) is 38.2 Å². The molecule has 8 nitrogen and oxygen atoms in total. The minimum Gasteiger partial charge on any atom is -0.462 e. The third-order valence-corrected chi connectivity index (χ3v) is 7.65. The Hall–Kier alpha value is -2.27. The predicted molar refractivity (Wildman–Crippen MR) is 114 cm³/mol. The molecule has 162 valence electrons. The Balaban J connectivity index is 1.84. The van der Waals surface area contributed by atoms with Crippen LogP contribution in [0.4, 0.5) is 5.00 Å². The average molecular weight is 453 g/mol. The molecule has 1 aliphatic rings. The van der Waals surface area contributed by atoms with Gasteiger partial charge in [-0.05, 0) is 37.6 Å². The van der Waals surface area contributed by atoms with Gasteiger partial charge in [0.1, 0.15) is 5.00 Å². The number of carbonyl (C=O) groups excluding carboxylic acids is 2. The van der Waals surface area contributed by atoms with Crippen molar-refractivity contribution in [1.82, 2.24) is 4.31 Å². The summed E-state index contributed by atoms with van der Waals surface area (Å²) in [7, 11) is -3.72. The lowest BCUT2D eigenvalue weighted by Crippen LogP contribution is -2.40. The van der Waals surface area contributed by atoms with E-state index in [-0.39, 0.29) is 30.2 Å². The van der Waals surface area contributed by atoms with Crippen LogP contribution in [0.15, 0.2) is 35.2 Å². The first-order chi connectivity index (χ1) is 14.4. The number of thiophene rings is 1. The monoisotopic (exact) mass is 452 g/mol. The minimum absolute atomic E-state index is 0.0445. The molecule has 0 unspecified atom stereocenters. The van der Waals surface area contributed by atoms with Crippen LogP contribution in [0, 0.1) is 0 Å². The highest BCUT2D eigenvalue weighted by Crippen LogP contribution is 2.30. The Morgan fingerprint density at radius 2 is 1.93 bits per heavy atom. The van der Waals surface area contributed by atoms with Gasteiger partial charge in [-0.1, -0.05) is 13.0 Å². The van der Waals surface area contributed by atoms with E-state index in [9.17, 15) is 18.0 Å². The molecule has 0 spiro atoms. The molecule has 1 fully saturated rings. The Labute approximate surface area is 179 Å². The van der Waals surface area contributed by atoms with Gasteiger partial charge in [0.05, 0.1) is 30.3 Å². The van der Waals surface area contributed by atoms with Crippen LogP contribution < -0.4 is 5.32 Å². The number of amides is 1. The zero-order valence-electron chi connectivity index (χ0n) is 16.8. The van der Waals surface area contributed by atoms with Crippen molar-refractivity contribution in [2.45, 2.75) is 25.2 Å². The number of benzene rings is 1. The molecule has 10 heteroatoms. The topological polar surface area (TPSA) is 102 Å². The zero-order valence-corrected chi connectivity index (χ0v) is 18.5. The first-order valence-electron chi connectivity index (χ1n) is 9.66. The second kappa shape index (κ2) is 9.69. The maximum atomic E-state index is 12.9. The number of aryl methyl sites for hydroxylation is 1. The number of hydrogen-bond acceptors (Lipinski definition) is 7. The van der Waals surface area contributed by atoms with Crippen molar-refractivity contribution >= 4 is 38.2 Å². The van der Waals surface area contributed by atoms with E-state index in [4.69, 9.17) is 9.47 Å². The van der Waals surface area contributed by atoms with Crippen molar-refractivity contribution in [2.24, 2.45) is 0 Å². The second-order valence-corrected chi connectivity index (χ2v) is 9.60. The number of ether oxygens (including phenoxy) is 2. The highest BCUT2D eigenvalue weighted by Gasteiger charge is 2.27. The van der Waals surface area contributed by atoms with Gasteiger partial charge >= 0.3 is 5.97 Å². The highest BCUT2D eigenvalue weighted by molar-refractivity contribution is 7.89. The standard InChI is InChI=1S/C20H24N2O6S2/c1-3-15-13-17(20(24)28-4-2)19(29-15)21-18(23)14-6-5-7-16(12-14)30(25,26)22-8-10-27-11-9-22/h5-7,12-13H,3-4,8-11H2,1-2H3,(H,21,23). The van der Waals surface area contributed by atoms with Crippen LogP contribution in [-0.4, -0.2) is 57.5 Å². The molecule has 0 aliphatic carbocycles. The van der Waals surface area contributed by atoms with Crippen molar-refractivity contribution < 1.29 is 27.5 Å². The van der Waals surface area contributed by atoms with Crippen LogP contribution in [0.2, 0.25) is 0 Å². The van der Waals surface area contributed by atoms with E-state index < -0.39 is 21.9 Å². The summed E-state index contributed by atoms with van der Waals surface area (Å²) >= 11 is 1.30. The first-order valence-corrected chi connectivity index (χ1v) is 11.9. The molecule has 2 heterocycles. The first kappa shape index (κ1) is 22.4. The van der Waals surface area contributed by atoms with Crippen LogP contribution >= 0.6 is 11.3 Å². The fourth-order valence-electron chi connectivity index (χ4n) is 2.98. The largest absolute Gasteiger partial charge is 0.462 e. The predicted octanol–water partition coefficient (Wildman–Crippen LogP) is 2.76. The number of nitrogens with zero attached hydrogens (tertiary/aromatic N) is 1. The number of esters is 1. The quantitative estimate of drug-likeness (QED) is 0.648. The summed E-state index contributed by atoms with van der Waals surface area (Å²) in [4.78, 5) is 26.0. The van der Waals surface area contributed by atoms with E-state index >= 15 is 0 Å². The van der Waals surface area contributed by atoms with Crippen LogP contribution in [0.25, 0.3) is 0 Å². The lowest BCUT2D eigenvalue weighted by molar-refractivity contribution is 0.0528. The molecule has 0 atom stereocenters. The number of sulfonamides is 1. The maximum Gasteiger partial charge on any atom is 0.341 e. The second-order valence-electron chi connectivity index (χ2n) is 6.53. The molecule has 30 heavy (non-hydrogen) atoms. The van der Waals surface area contributed by atoms with Crippen LogP contribution in [0.5, 0.6) is 0 Å². The zero-order chi connectivity index (χ0) is 21.7. The molecule has 0 saturated carbocycles. The van der Waals surface area contributed by atoms with Gasteiger partial charge in [0.15, 0.2) is 0 Å². The van der Waals surface area contributed by atoms with E-state index in [1.165, 1.54) is 39.9 Å². The van der Waals surface area contributed by atoms with E-state index in [0.29, 0.717) is 30.2 Å². The molecular weight excluding hydrogens is 428 g/mol. The molecular formula is C20H24N2O6S2. The summed E-state index contributed by atoms with van der Waals surface area (Å²) in [5, 5.41) is 3.12. The van der Waals surface area contributed by atoms with E-state index in [1.807, 2.05) is 6.92 Å². The fourth-order valence-corrected chi connectivity index (χ4v) is 5.41. The molecule has 0 radical (unpaired) electrons. The van der Waals surface area contributed by atoms with Gasteiger partial charge in [0.25, 0.3) is 5.91 Å². The van der Waals surface area contributed by atoms with E-state index in [2.05, 4.69) is 5.32 Å². The van der Waals surface area contributed by atoms with Gasteiger partial charge < -0.3 is 14.8 Å². The highest BCUT2D eigenvalue weighted by atomic mass is 32.2. The van der Waals surface area contributed by atoms with Crippen molar-refractivity contribution in [3.05, 3.63) is 46.3 Å². The summed E-state index contributed by atoms with van der Waals surface area (Å²) < 4.78 is 37.3. The van der Waals surface area contributed by atoms with E-state index in [0.717, 1.165) is 4.88 Å². The summed E-state index contributed by atoms with van der Waals surface area (Å²) in [6.07, 6.45) is 0.709. The number of hydrogen-bond donors (Lipinski definition) is 1. The molecule has 1 amide bonds. The SMILES string of the molecule is CCOC(=O)c1cc(CC)sc1NC(=O)c1cccc(S(=O)(=O)N2CCOCC2)c1. The molecule has 2 aromatic rings. The summed E-state index contributed by atoms with van der Waals surface area (Å²) in [6, 6.07) is 7.58. The van der Waals surface area contributed by atoms with Gasteiger partial charge in [-0.15, -0.1) is 11.3 Å². The number of carbonyl (C=O) groups is 2. The molecule has 3 rings (SSSR count). The average Bonchev–Trinajstić information content (AvgIpc) is 3.17. The summed E-state index contributed by atoms with van der Waals surface area (Å²) in [6.45, 7) is 5.12. The molecule has 0 bridgehead atoms. The molecule has 1 saturated heterocycles. The third-order valence-electron chi connectivity index (χ3n) is 4.56. The number of nitrogens with one attached hydrogen (secondary N) is 1. The van der Waals surface area contributed by atoms with Crippen LogP contribution in [0.3, 0.4) is 0 Å².